The molecule has 1 aliphatic carbocycles. The van der Waals surface area contributed by atoms with Gasteiger partial charge in [-0.3, -0.25) is 9.20 Å². The summed E-state index contributed by atoms with van der Waals surface area (Å²) in [5.41, 5.74) is 0.848. The Morgan fingerprint density at radius 2 is 2.09 bits per heavy atom. The van der Waals surface area contributed by atoms with Gasteiger partial charge in [-0.15, -0.1) is 10.2 Å². The lowest BCUT2D eigenvalue weighted by molar-refractivity contribution is -0.121. The topological polar surface area (TPSA) is 59.3 Å². The molecule has 0 atom stereocenters. The van der Waals surface area contributed by atoms with E-state index in [1.807, 2.05) is 28.8 Å². The molecule has 0 bridgehead atoms. The molecule has 1 fully saturated rings. The zero-order valence-corrected chi connectivity index (χ0v) is 13.0. The Balaban J connectivity index is 1.40. The Morgan fingerprint density at radius 3 is 2.95 bits per heavy atom. The highest BCUT2D eigenvalue weighted by atomic mass is 16.1. The SMILES string of the molecule is O=C(CCC1CCCCC1)NCCc1nnc2ccccn12. The van der Waals surface area contributed by atoms with Crippen molar-refractivity contribution in [2.24, 2.45) is 5.92 Å². The van der Waals surface area contributed by atoms with Gasteiger partial charge in [0.25, 0.3) is 0 Å². The molecule has 0 saturated heterocycles. The fraction of sp³-hybridized carbons (Fsp3) is 0.588. The van der Waals surface area contributed by atoms with Gasteiger partial charge in [0.05, 0.1) is 0 Å². The maximum absolute atomic E-state index is 11.9. The molecule has 1 saturated carbocycles. The first-order chi connectivity index (χ1) is 10.8. The number of hydrogen-bond donors (Lipinski definition) is 1. The molecule has 0 unspecified atom stereocenters. The molecule has 2 heterocycles. The molecule has 2 aromatic heterocycles. The number of fused-ring (bicyclic) bond motifs is 1. The maximum Gasteiger partial charge on any atom is 0.220 e. The van der Waals surface area contributed by atoms with Crippen LogP contribution in [0.5, 0.6) is 0 Å². The average Bonchev–Trinajstić information content (AvgIpc) is 2.97. The Labute approximate surface area is 131 Å². The molecule has 0 radical (unpaired) electrons. The van der Waals surface area contributed by atoms with E-state index in [4.69, 9.17) is 0 Å². The summed E-state index contributed by atoms with van der Waals surface area (Å²) < 4.78 is 1.97. The van der Waals surface area contributed by atoms with E-state index in [1.165, 1.54) is 32.1 Å². The second kappa shape index (κ2) is 7.38. The van der Waals surface area contributed by atoms with Crippen LogP contribution in [-0.4, -0.2) is 27.0 Å². The summed E-state index contributed by atoms with van der Waals surface area (Å²) in [6.45, 7) is 0.624. The molecule has 0 aromatic carbocycles. The number of carbonyl (C=O) groups excluding carboxylic acids is 1. The van der Waals surface area contributed by atoms with Crippen LogP contribution in [0.15, 0.2) is 24.4 Å². The van der Waals surface area contributed by atoms with Crippen LogP contribution in [0, 0.1) is 5.92 Å². The Kier molecular flexibility index (Phi) is 5.03. The maximum atomic E-state index is 11.9. The van der Waals surface area contributed by atoms with E-state index >= 15 is 0 Å². The molecule has 1 N–H and O–H groups in total. The van der Waals surface area contributed by atoms with Crippen LogP contribution in [0.3, 0.4) is 0 Å². The summed E-state index contributed by atoms with van der Waals surface area (Å²) in [6.07, 6.45) is 11.0. The van der Waals surface area contributed by atoms with Crippen LogP contribution in [0.1, 0.15) is 50.8 Å². The third-order valence-electron chi connectivity index (χ3n) is 4.56. The molecule has 2 aromatic rings. The second-order valence-corrected chi connectivity index (χ2v) is 6.19. The van der Waals surface area contributed by atoms with E-state index in [0.29, 0.717) is 19.4 Å². The van der Waals surface area contributed by atoms with Gasteiger partial charge in [0.1, 0.15) is 5.82 Å². The van der Waals surface area contributed by atoms with Crippen LogP contribution < -0.4 is 5.32 Å². The second-order valence-electron chi connectivity index (χ2n) is 6.19. The lowest BCUT2D eigenvalue weighted by Crippen LogP contribution is -2.26. The first-order valence-electron chi connectivity index (χ1n) is 8.38. The van der Waals surface area contributed by atoms with Crippen molar-refractivity contribution in [2.75, 3.05) is 6.54 Å². The Bertz CT molecular complexity index is 616. The highest BCUT2D eigenvalue weighted by molar-refractivity contribution is 5.75. The van der Waals surface area contributed by atoms with Crippen molar-refractivity contribution in [1.29, 1.82) is 0 Å². The van der Waals surface area contributed by atoms with Crippen molar-refractivity contribution in [3.8, 4) is 0 Å². The molecule has 5 heteroatoms. The predicted octanol–water partition coefficient (Wildman–Crippen LogP) is 2.75. The summed E-state index contributed by atoms with van der Waals surface area (Å²) >= 11 is 0. The van der Waals surface area contributed by atoms with Crippen molar-refractivity contribution in [1.82, 2.24) is 19.9 Å². The van der Waals surface area contributed by atoms with Crippen molar-refractivity contribution >= 4 is 11.6 Å². The number of nitrogens with zero attached hydrogens (tertiary/aromatic N) is 3. The molecular weight excluding hydrogens is 276 g/mol. The third-order valence-corrected chi connectivity index (χ3v) is 4.56. The summed E-state index contributed by atoms with van der Waals surface area (Å²) in [5.74, 6) is 1.82. The minimum atomic E-state index is 0.166. The van der Waals surface area contributed by atoms with Crippen LogP contribution in [0.4, 0.5) is 0 Å². The lowest BCUT2D eigenvalue weighted by Gasteiger charge is -2.20. The van der Waals surface area contributed by atoms with E-state index in [2.05, 4.69) is 15.5 Å². The standard InChI is InChI=1S/C17H24N4O/c22-17(10-9-14-6-2-1-3-7-14)18-12-11-16-20-19-15-8-4-5-13-21(15)16/h4-5,8,13-14H,1-3,6-7,9-12H2,(H,18,22). The Morgan fingerprint density at radius 1 is 1.23 bits per heavy atom. The quantitative estimate of drug-likeness (QED) is 0.892. The summed E-state index contributed by atoms with van der Waals surface area (Å²) in [4.78, 5) is 11.9. The van der Waals surface area contributed by atoms with Gasteiger partial charge in [0.15, 0.2) is 5.65 Å². The van der Waals surface area contributed by atoms with E-state index in [9.17, 15) is 4.79 Å². The van der Waals surface area contributed by atoms with Gasteiger partial charge in [-0.25, -0.2) is 0 Å². The number of carbonyl (C=O) groups is 1. The average molecular weight is 300 g/mol. The molecule has 1 aliphatic rings. The first kappa shape index (κ1) is 15.0. The third kappa shape index (κ3) is 3.84. The zero-order valence-electron chi connectivity index (χ0n) is 13.0. The van der Waals surface area contributed by atoms with Crippen LogP contribution in [0.2, 0.25) is 0 Å². The lowest BCUT2D eigenvalue weighted by atomic mass is 9.86. The number of aromatic nitrogens is 3. The molecular formula is C17H24N4O. The minimum Gasteiger partial charge on any atom is -0.356 e. The number of pyridine rings is 1. The van der Waals surface area contributed by atoms with E-state index in [1.54, 1.807) is 0 Å². The molecule has 3 rings (SSSR count). The van der Waals surface area contributed by atoms with Crippen molar-refractivity contribution in [2.45, 2.75) is 51.4 Å². The molecule has 5 nitrogen and oxygen atoms in total. The van der Waals surface area contributed by atoms with E-state index < -0.39 is 0 Å². The molecule has 22 heavy (non-hydrogen) atoms. The van der Waals surface area contributed by atoms with Gasteiger partial charge in [0.2, 0.25) is 5.91 Å². The predicted molar refractivity (Wildman–Crippen MR) is 85.5 cm³/mol. The number of rotatable bonds is 6. The van der Waals surface area contributed by atoms with E-state index in [-0.39, 0.29) is 5.91 Å². The van der Waals surface area contributed by atoms with Gasteiger partial charge in [0, 0.05) is 25.6 Å². The van der Waals surface area contributed by atoms with Crippen LogP contribution in [0.25, 0.3) is 5.65 Å². The fourth-order valence-corrected chi connectivity index (χ4v) is 3.27. The highest BCUT2D eigenvalue weighted by Crippen LogP contribution is 2.27. The highest BCUT2D eigenvalue weighted by Gasteiger charge is 2.14. The fourth-order valence-electron chi connectivity index (χ4n) is 3.27. The monoisotopic (exact) mass is 300 g/mol. The van der Waals surface area contributed by atoms with Gasteiger partial charge < -0.3 is 5.32 Å². The van der Waals surface area contributed by atoms with Gasteiger partial charge >= 0.3 is 0 Å². The smallest absolute Gasteiger partial charge is 0.220 e. The number of hydrogen-bond acceptors (Lipinski definition) is 3. The zero-order chi connectivity index (χ0) is 15.2. The van der Waals surface area contributed by atoms with Crippen molar-refractivity contribution < 1.29 is 4.79 Å². The largest absolute Gasteiger partial charge is 0.356 e. The summed E-state index contributed by atoms with van der Waals surface area (Å²) in [5, 5.41) is 11.3. The van der Waals surface area contributed by atoms with E-state index in [0.717, 1.165) is 23.8 Å². The van der Waals surface area contributed by atoms with Crippen LogP contribution in [-0.2, 0) is 11.2 Å². The van der Waals surface area contributed by atoms with Gasteiger partial charge in [-0.1, -0.05) is 38.2 Å². The first-order valence-corrected chi connectivity index (χ1v) is 8.38. The number of nitrogens with one attached hydrogen (secondary N) is 1. The molecule has 0 spiro atoms. The molecule has 118 valence electrons. The molecule has 1 amide bonds. The summed E-state index contributed by atoms with van der Waals surface area (Å²) in [6, 6.07) is 5.84. The minimum absolute atomic E-state index is 0.166. The van der Waals surface area contributed by atoms with Crippen LogP contribution >= 0.6 is 0 Å². The summed E-state index contributed by atoms with van der Waals surface area (Å²) in [7, 11) is 0. The number of amides is 1. The van der Waals surface area contributed by atoms with Gasteiger partial charge in [-0.05, 0) is 24.5 Å². The van der Waals surface area contributed by atoms with Crippen molar-refractivity contribution in [3.63, 3.8) is 0 Å². The van der Waals surface area contributed by atoms with Gasteiger partial charge in [-0.2, -0.15) is 0 Å². The molecule has 0 aliphatic heterocycles. The van der Waals surface area contributed by atoms with Crippen molar-refractivity contribution in [3.05, 3.63) is 30.2 Å². The Hall–Kier alpha value is -1.91. The normalized spacial score (nSPS) is 16.0.